The number of para-hydroxylation sites is 1. The Morgan fingerprint density at radius 1 is 1.19 bits per heavy atom. The number of nitrogens with zero attached hydrogens (tertiary/aromatic N) is 1. The van der Waals surface area contributed by atoms with E-state index in [1.807, 2.05) is 6.07 Å². The first kappa shape index (κ1) is 14.4. The minimum absolute atomic E-state index is 0.629. The second-order valence-electron chi connectivity index (χ2n) is 5.86. The molecule has 0 saturated heterocycles. The van der Waals surface area contributed by atoms with Gasteiger partial charge in [-0.1, -0.05) is 42.8 Å². The van der Waals surface area contributed by atoms with E-state index in [0.717, 1.165) is 24.4 Å². The summed E-state index contributed by atoms with van der Waals surface area (Å²) in [5.41, 5.74) is 11.0. The van der Waals surface area contributed by atoms with Gasteiger partial charge in [-0.05, 0) is 54.6 Å². The van der Waals surface area contributed by atoms with Gasteiger partial charge in [0.1, 0.15) is 0 Å². The number of hydrogen-bond acceptors (Lipinski definition) is 2. The topological polar surface area (TPSA) is 29.3 Å². The molecule has 110 valence electrons. The van der Waals surface area contributed by atoms with Gasteiger partial charge in [0.25, 0.3) is 0 Å². The monoisotopic (exact) mass is 300 g/mol. The summed E-state index contributed by atoms with van der Waals surface area (Å²) in [7, 11) is 0. The molecule has 0 radical (unpaired) electrons. The van der Waals surface area contributed by atoms with Gasteiger partial charge in [0, 0.05) is 22.9 Å². The Kier molecular flexibility index (Phi) is 4.18. The lowest BCUT2D eigenvalue weighted by atomic mass is 9.92. The van der Waals surface area contributed by atoms with E-state index in [9.17, 15) is 0 Å². The predicted octanol–water partition coefficient (Wildman–Crippen LogP) is 4.17. The van der Waals surface area contributed by atoms with Crippen molar-refractivity contribution in [1.29, 1.82) is 0 Å². The number of anilines is 2. The highest BCUT2D eigenvalue weighted by atomic mass is 35.5. The molecular weight excluding hydrogens is 280 g/mol. The van der Waals surface area contributed by atoms with Crippen LogP contribution in [0.4, 0.5) is 11.4 Å². The molecule has 2 aromatic rings. The maximum absolute atomic E-state index is 6.24. The minimum atomic E-state index is 0.629. The van der Waals surface area contributed by atoms with E-state index < -0.39 is 0 Å². The average molecular weight is 301 g/mol. The highest BCUT2D eigenvalue weighted by Gasteiger charge is 2.24. The molecule has 3 rings (SSSR count). The lowest BCUT2D eigenvalue weighted by molar-refractivity contribution is 0.561. The van der Waals surface area contributed by atoms with E-state index in [0.29, 0.717) is 12.5 Å². The fourth-order valence-corrected chi connectivity index (χ4v) is 3.35. The molecule has 2 nitrogen and oxygen atoms in total. The number of benzene rings is 2. The maximum Gasteiger partial charge on any atom is 0.0458 e. The Labute approximate surface area is 131 Å². The molecule has 0 bridgehead atoms. The zero-order chi connectivity index (χ0) is 14.8. The Morgan fingerprint density at radius 2 is 2.00 bits per heavy atom. The van der Waals surface area contributed by atoms with Crippen LogP contribution in [0.15, 0.2) is 42.5 Å². The van der Waals surface area contributed by atoms with Crippen molar-refractivity contribution >= 4 is 23.0 Å². The van der Waals surface area contributed by atoms with Crippen LogP contribution in [-0.4, -0.2) is 13.1 Å². The third-order valence-electron chi connectivity index (χ3n) is 4.10. The van der Waals surface area contributed by atoms with E-state index in [1.165, 1.54) is 22.5 Å². The fourth-order valence-electron chi connectivity index (χ4n) is 3.18. The summed E-state index contributed by atoms with van der Waals surface area (Å²) < 4.78 is 0. The number of halogens is 1. The normalized spacial score (nSPS) is 17.7. The summed E-state index contributed by atoms with van der Waals surface area (Å²) >= 11 is 6.24. The van der Waals surface area contributed by atoms with Gasteiger partial charge in [-0.15, -0.1) is 0 Å². The molecule has 0 spiro atoms. The molecule has 1 aliphatic heterocycles. The van der Waals surface area contributed by atoms with Crippen molar-refractivity contribution in [3.05, 3.63) is 58.6 Å². The summed E-state index contributed by atoms with van der Waals surface area (Å²) in [5, 5.41) is 0.779. The van der Waals surface area contributed by atoms with Gasteiger partial charge in [-0.25, -0.2) is 0 Å². The fraction of sp³-hybridized carbons (Fsp3) is 0.333. The van der Waals surface area contributed by atoms with Gasteiger partial charge in [-0.2, -0.15) is 0 Å². The van der Waals surface area contributed by atoms with E-state index in [2.05, 4.69) is 48.2 Å². The van der Waals surface area contributed by atoms with Gasteiger partial charge in [0.2, 0.25) is 0 Å². The van der Waals surface area contributed by atoms with Gasteiger partial charge < -0.3 is 10.6 Å². The molecule has 2 aromatic carbocycles. The quantitative estimate of drug-likeness (QED) is 0.922. The van der Waals surface area contributed by atoms with Crippen LogP contribution in [-0.2, 0) is 12.8 Å². The summed E-state index contributed by atoms with van der Waals surface area (Å²) in [6, 6.07) is 14.8. The first-order valence-corrected chi connectivity index (χ1v) is 7.90. The lowest BCUT2D eigenvalue weighted by Gasteiger charge is -2.36. The van der Waals surface area contributed by atoms with Crippen LogP contribution in [0, 0.1) is 5.92 Å². The van der Waals surface area contributed by atoms with Crippen LogP contribution < -0.4 is 10.6 Å². The summed E-state index contributed by atoms with van der Waals surface area (Å²) in [6.07, 6.45) is 2.01. The minimum Gasteiger partial charge on any atom is -0.341 e. The Morgan fingerprint density at radius 3 is 2.81 bits per heavy atom. The van der Waals surface area contributed by atoms with Crippen LogP contribution in [0.25, 0.3) is 0 Å². The molecule has 1 heterocycles. The Balaban J connectivity index is 2.10. The highest BCUT2D eigenvalue weighted by molar-refractivity contribution is 6.30. The first-order chi connectivity index (χ1) is 10.2. The molecular formula is C18H21ClN2. The predicted molar refractivity (Wildman–Crippen MR) is 90.5 cm³/mol. The SMILES string of the molecule is CC1Cc2ccccc2N(c2cc(Cl)ccc2CCN)C1. The molecule has 2 N–H and O–H groups in total. The van der Waals surface area contributed by atoms with Gasteiger partial charge >= 0.3 is 0 Å². The molecule has 3 heteroatoms. The molecule has 1 atom stereocenters. The van der Waals surface area contributed by atoms with E-state index in [-0.39, 0.29) is 0 Å². The van der Waals surface area contributed by atoms with Gasteiger partial charge in [0.05, 0.1) is 0 Å². The number of rotatable bonds is 3. The zero-order valence-corrected chi connectivity index (χ0v) is 13.1. The Bertz CT molecular complexity index is 639. The van der Waals surface area contributed by atoms with Crippen LogP contribution in [0.2, 0.25) is 5.02 Å². The Hall–Kier alpha value is -1.51. The number of nitrogens with two attached hydrogens (primary N) is 1. The summed E-state index contributed by atoms with van der Waals surface area (Å²) in [5.74, 6) is 0.629. The number of fused-ring (bicyclic) bond motifs is 1. The summed E-state index contributed by atoms with van der Waals surface area (Å²) in [4.78, 5) is 2.40. The lowest BCUT2D eigenvalue weighted by Crippen LogP contribution is -2.31. The second kappa shape index (κ2) is 6.08. The first-order valence-electron chi connectivity index (χ1n) is 7.53. The molecule has 1 unspecified atom stereocenters. The third kappa shape index (κ3) is 2.92. The van der Waals surface area contributed by atoms with E-state index in [1.54, 1.807) is 0 Å². The van der Waals surface area contributed by atoms with E-state index in [4.69, 9.17) is 17.3 Å². The third-order valence-corrected chi connectivity index (χ3v) is 4.33. The summed E-state index contributed by atoms with van der Waals surface area (Å²) in [6.45, 7) is 3.98. The molecule has 0 aromatic heterocycles. The van der Waals surface area contributed by atoms with Crippen LogP contribution in [0.5, 0.6) is 0 Å². The van der Waals surface area contributed by atoms with Gasteiger partial charge in [0.15, 0.2) is 0 Å². The van der Waals surface area contributed by atoms with Crippen LogP contribution in [0.1, 0.15) is 18.1 Å². The van der Waals surface area contributed by atoms with Crippen molar-refractivity contribution in [3.63, 3.8) is 0 Å². The molecule has 1 aliphatic rings. The van der Waals surface area contributed by atoms with Crippen molar-refractivity contribution in [1.82, 2.24) is 0 Å². The molecule has 0 fully saturated rings. The number of hydrogen-bond donors (Lipinski definition) is 1. The van der Waals surface area contributed by atoms with Gasteiger partial charge in [-0.3, -0.25) is 0 Å². The smallest absolute Gasteiger partial charge is 0.0458 e. The van der Waals surface area contributed by atoms with Crippen LogP contribution in [0.3, 0.4) is 0 Å². The van der Waals surface area contributed by atoms with Crippen LogP contribution >= 0.6 is 11.6 Å². The molecule has 21 heavy (non-hydrogen) atoms. The molecule has 0 saturated carbocycles. The van der Waals surface area contributed by atoms with Crippen molar-refractivity contribution in [2.45, 2.75) is 19.8 Å². The average Bonchev–Trinajstić information content (AvgIpc) is 2.48. The van der Waals surface area contributed by atoms with Crippen molar-refractivity contribution in [2.75, 3.05) is 18.0 Å². The van der Waals surface area contributed by atoms with Crippen molar-refractivity contribution in [3.8, 4) is 0 Å². The largest absolute Gasteiger partial charge is 0.341 e. The standard InChI is InChI=1S/C18H21ClN2/c1-13-10-15-4-2-3-5-17(15)21(12-13)18-11-16(19)7-6-14(18)8-9-20/h2-7,11,13H,8-10,12,20H2,1H3. The van der Waals surface area contributed by atoms with E-state index >= 15 is 0 Å². The molecule has 0 amide bonds. The maximum atomic E-state index is 6.24. The van der Waals surface area contributed by atoms with Crippen molar-refractivity contribution < 1.29 is 0 Å². The highest BCUT2D eigenvalue weighted by Crippen LogP contribution is 2.38. The zero-order valence-electron chi connectivity index (χ0n) is 12.3. The molecule has 0 aliphatic carbocycles. The second-order valence-corrected chi connectivity index (χ2v) is 6.30. The van der Waals surface area contributed by atoms with Crippen molar-refractivity contribution in [2.24, 2.45) is 11.7 Å².